The van der Waals surface area contributed by atoms with Crippen molar-refractivity contribution in [2.24, 2.45) is 5.92 Å². The van der Waals surface area contributed by atoms with Crippen LogP contribution in [0.5, 0.6) is 0 Å². The normalized spacial score (nSPS) is 25.6. The van der Waals surface area contributed by atoms with E-state index in [1.807, 2.05) is 35.2 Å². The van der Waals surface area contributed by atoms with Crippen LogP contribution in [0, 0.1) is 5.92 Å². The number of carbonyl (C=O) groups is 1. The van der Waals surface area contributed by atoms with Crippen molar-refractivity contribution in [3.63, 3.8) is 0 Å². The average Bonchev–Trinajstić information content (AvgIpc) is 2.58. The summed E-state index contributed by atoms with van der Waals surface area (Å²) in [6.45, 7) is 5.23. The minimum Gasteiger partial charge on any atom is -0.336 e. The molecule has 15 heavy (non-hydrogen) atoms. The van der Waals surface area contributed by atoms with Gasteiger partial charge in [0.15, 0.2) is 0 Å². The van der Waals surface area contributed by atoms with E-state index < -0.39 is 0 Å². The number of benzene rings is 1. The van der Waals surface area contributed by atoms with Crippen LogP contribution in [0.3, 0.4) is 0 Å². The number of nitrogens with zero attached hydrogens (tertiary/aromatic N) is 1. The van der Waals surface area contributed by atoms with Gasteiger partial charge in [-0.25, -0.2) is 0 Å². The molecule has 0 saturated carbocycles. The molecule has 1 saturated heterocycles. The molecule has 0 N–H and O–H groups in total. The van der Waals surface area contributed by atoms with E-state index in [-0.39, 0.29) is 5.91 Å². The van der Waals surface area contributed by atoms with E-state index in [9.17, 15) is 4.79 Å². The Hall–Kier alpha value is -1.31. The third-order valence-electron chi connectivity index (χ3n) is 3.07. The van der Waals surface area contributed by atoms with Crippen LogP contribution in [0.1, 0.15) is 30.6 Å². The van der Waals surface area contributed by atoms with Gasteiger partial charge in [0.1, 0.15) is 0 Å². The lowest BCUT2D eigenvalue weighted by atomic mass is 10.1. The van der Waals surface area contributed by atoms with Crippen LogP contribution in [0.4, 0.5) is 0 Å². The first-order chi connectivity index (χ1) is 7.18. The zero-order valence-electron chi connectivity index (χ0n) is 9.31. The van der Waals surface area contributed by atoms with Gasteiger partial charge in [0.2, 0.25) is 0 Å². The van der Waals surface area contributed by atoms with E-state index in [0.717, 1.165) is 18.5 Å². The summed E-state index contributed by atoms with van der Waals surface area (Å²) >= 11 is 0. The summed E-state index contributed by atoms with van der Waals surface area (Å²) in [5.41, 5.74) is 0.804. The summed E-state index contributed by atoms with van der Waals surface area (Å²) in [6.07, 6.45) is 1.12. The Morgan fingerprint density at radius 1 is 1.27 bits per heavy atom. The van der Waals surface area contributed by atoms with Gasteiger partial charge in [0, 0.05) is 18.2 Å². The minimum atomic E-state index is 0.174. The number of rotatable bonds is 1. The van der Waals surface area contributed by atoms with Crippen LogP contribution in [0.15, 0.2) is 30.3 Å². The fourth-order valence-corrected chi connectivity index (χ4v) is 2.33. The average molecular weight is 203 g/mol. The van der Waals surface area contributed by atoms with Gasteiger partial charge in [-0.2, -0.15) is 0 Å². The Balaban J connectivity index is 2.15. The number of likely N-dealkylation sites (tertiary alicyclic amines) is 1. The molecule has 2 nitrogen and oxygen atoms in total. The van der Waals surface area contributed by atoms with E-state index in [2.05, 4.69) is 13.8 Å². The highest BCUT2D eigenvalue weighted by atomic mass is 16.2. The predicted molar refractivity (Wildman–Crippen MR) is 60.7 cm³/mol. The summed E-state index contributed by atoms with van der Waals surface area (Å²) in [4.78, 5) is 14.1. The van der Waals surface area contributed by atoms with Crippen molar-refractivity contribution < 1.29 is 4.79 Å². The number of hydrogen-bond acceptors (Lipinski definition) is 1. The smallest absolute Gasteiger partial charge is 0.254 e. The zero-order chi connectivity index (χ0) is 10.8. The molecule has 2 rings (SSSR count). The molecule has 2 unspecified atom stereocenters. The first kappa shape index (κ1) is 10.2. The van der Waals surface area contributed by atoms with Gasteiger partial charge >= 0.3 is 0 Å². The lowest BCUT2D eigenvalue weighted by Crippen LogP contribution is -2.33. The van der Waals surface area contributed by atoms with Gasteiger partial charge in [-0.05, 0) is 31.4 Å². The number of hydrogen-bond donors (Lipinski definition) is 0. The highest BCUT2D eigenvalue weighted by Crippen LogP contribution is 2.24. The van der Waals surface area contributed by atoms with Crippen LogP contribution in [0.2, 0.25) is 0 Å². The van der Waals surface area contributed by atoms with Crippen LogP contribution in [0.25, 0.3) is 0 Å². The lowest BCUT2D eigenvalue weighted by Gasteiger charge is -2.21. The molecule has 1 aromatic rings. The Morgan fingerprint density at radius 2 is 1.93 bits per heavy atom. The molecule has 1 heterocycles. The highest BCUT2D eigenvalue weighted by molar-refractivity contribution is 5.94. The van der Waals surface area contributed by atoms with Crippen molar-refractivity contribution in [2.75, 3.05) is 6.54 Å². The highest BCUT2D eigenvalue weighted by Gasteiger charge is 2.30. The van der Waals surface area contributed by atoms with Gasteiger partial charge < -0.3 is 4.90 Å². The molecule has 0 radical (unpaired) electrons. The van der Waals surface area contributed by atoms with Gasteiger partial charge in [0.25, 0.3) is 5.91 Å². The fraction of sp³-hybridized carbons (Fsp3) is 0.462. The molecule has 1 fully saturated rings. The van der Waals surface area contributed by atoms with Crippen molar-refractivity contribution >= 4 is 5.91 Å². The van der Waals surface area contributed by atoms with Crippen molar-refractivity contribution in [2.45, 2.75) is 26.3 Å². The molecule has 0 aliphatic carbocycles. The third-order valence-corrected chi connectivity index (χ3v) is 3.07. The zero-order valence-corrected chi connectivity index (χ0v) is 9.31. The predicted octanol–water partition coefficient (Wildman–Crippen LogP) is 2.56. The van der Waals surface area contributed by atoms with Gasteiger partial charge in [0.05, 0.1) is 0 Å². The van der Waals surface area contributed by atoms with Gasteiger partial charge in [-0.15, -0.1) is 0 Å². The minimum absolute atomic E-state index is 0.174. The van der Waals surface area contributed by atoms with E-state index in [1.165, 1.54) is 0 Å². The Labute approximate surface area is 90.9 Å². The molecule has 1 aromatic carbocycles. The Kier molecular flexibility index (Phi) is 2.76. The van der Waals surface area contributed by atoms with Crippen LogP contribution in [-0.4, -0.2) is 23.4 Å². The maximum Gasteiger partial charge on any atom is 0.254 e. The molecule has 2 atom stereocenters. The molecule has 0 aromatic heterocycles. The van der Waals surface area contributed by atoms with Gasteiger partial charge in [-0.1, -0.05) is 25.1 Å². The summed E-state index contributed by atoms with van der Waals surface area (Å²) in [5, 5.41) is 0. The van der Waals surface area contributed by atoms with E-state index in [0.29, 0.717) is 12.0 Å². The van der Waals surface area contributed by atoms with E-state index in [1.54, 1.807) is 0 Å². The summed E-state index contributed by atoms with van der Waals surface area (Å²) in [6, 6.07) is 9.92. The molecule has 1 aliphatic rings. The van der Waals surface area contributed by atoms with E-state index in [4.69, 9.17) is 0 Å². The van der Waals surface area contributed by atoms with Crippen LogP contribution < -0.4 is 0 Å². The monoisotopic (exact) mass is 203 g/mol. The quantitative estimate of drug-likeness (QED) is 0.687. The number of carbonyl (C=O) groups excluding carboxylic acids is 1. The maximum atomic E-state index is 12.1. The Bertz CT molecular complexity index is 347. The standard InChI is InChI=1S/C13H17NO/c1-10-8-11(2)14(9-10)13(15)12-6-4-3-5-7-12/h3-7,10-11H,8-9H2,1-2H3. The van der Waals surface area contributed by atoms with Crippen LogP contribution >= 0.6 is 0 Å². The van der Waals surface area contributed by atoms with Crippen molar-refractivity contribution in [3.05, 3.63) is 35.9 Å². The molecule has 1 aliphatic heterocycles. The SMILES string of the molecule is CC1CC(C)N(C(=O)c2ccccc2)C1. The molecule has 0 spiro atoms. The molecular weight excluding hydrogens is 186 g/mol. The first-order valence-corrected chi connectivity index (χ1v) is 5.54. The molecule has 2 heteroatoms. The molecular formula is C13H17NO. The Morgan fingerprint density at radius 3 is 2.47 bits per heavy atom. The van der Waals surface area contributed by atoms with Crippen molar-refractivity contribution in [1.82, 2.24) is 4.90 Å². The van der Waals surface area contributed by atoms with Crippen LogP contribution in [-0.2, 0) is 0 Å². The molecule has 0 bridgehead atoms. The molecule has 80 valence electrons. The fourth-order valence-electron chi connectivity index (χ4n) is 2.33. The second kappa shape index (κ2) is 4.05. The second-order valence-electron chi connectivity index (χ2n) is 4.51. The number of amides is 1. The summed E-state index contributed by atoms with van der Waals surface area (Å²) < 4.78 is 0. The van der Waals surface area contributed by atoms with Gasteiger partial charge in [-0.3, -0.25) is 4.79 Å². The van der Waals surface area contributed by atoms with E-state index >= 15 is 0 Å². The first-order valence-electron chi connectivity index (χ1n) is 5.54. The largest absolute Gasteiger partial charge is 0.336 e. The third kappa shape index (κ3) is 2.04. The summed E-state index contributed by atoms with van der Waals surface area (Å²) in [7, 11) is 0. The second-order valence-corrected chi connectivity index (χ2v) is 4.51. The van der Waals surface area contributed by atoms with Crippen molar-refractivity contribution in [3.8, 4) is 0 Å². The topological polar surface area (TPSA) is 20.3 Å². The van der Waals surface area contributed by atoms with Crippen molar-refractivity contribution in [1.29, 1.82) is 0 Å². The lowest BCUT2D eigenvalue weighted by molar-refractivity contribution is 0.0744. The molecule has 1 amide bonds. The maximum absolute atomic E-state index is 12.1. The summed E-state index contributed by atoms with van der Waals surface area (Å²) in [5.74, 6) is 0.806.